The van der Waals surface area contributed by atoms with E-state index in [-0.39, 0.29) is 11.6 Å². The molecule has 0 fully saturated rings. The van der Waals surface area contributed by atoms with Crippen LogP contribution in [0.3, 0.4) is 0 Å². The van der Waals surface area contributed by atoms with Crippen LogP contribution in [0.25, 0.3) is 0 Å². The SMILES string of the molecule is CN(C(=O)c1cccc(I)c1)c1ccccc1F. The molecule has 0 heterocycles. The zero-order valence-corrected chi connectivity index (χ0v) is 11.9. The summed E-state index contributed by atoms with van der Waals surface area (Å²) in [5.74, 6) is -0.627. The van der Waals surface area contributed by atoms with E-state index in [2.05, 4.69) is 22.6 Å². The van der Waals surface area contributed by atoms with Crippen molar-refractivity contribution in [2.45, 2.75) is 0 Å². The molecule has 0 aliphatic rings. The third-order valence-corrected chi connectivity index (χ3v) is 3.26. The average molecular weight is 355 g/mol. The number of amides is 1. The number of carbonyl (C=O) groups is 1. The summed E-state index contributed by atoms with van der Waals surface area (Å²) < 4.78 is 14.6. The van der Waals surface area contributed by atoms with Crippen LogP contribution in [-0.4, -0.2) is 13.0 Å². The van der Waals surface area contributed by atoms with E-state index in [9.17, 15) is 9.18 Å². The molecule has 0 radical (unpaired) electrons. The van der Waals surface area contributed by atoms with Crippen LogP contribution in [0.5, 0.6) is 0 Å². The van der Waals surface area contributed by atoms with E-state index in [1.54, 1.807) is 37.4 Å². The minimum atomic E-state index is -0.404. The molecule has 0 saturated carbocycles. The minimum absolute atomic E-state index is 0.224. The van der Waals surface area contributed by atoms with Gasteiger partial charge >= 0.3 is 0 Å². The number of para-hydroxylation sites is 1. The van der Waals surface area contributed by atoms with Crippen LogP contribution >= 0.6 is 22.6 Å². The average Bonchev–Trinajstić information content (AvgIpc) is 2.37. The second-order valence-electron chi connectivity index (χ2n) is 3.83. The Labute approximate surface area is 119 Å². The van der Waals surface area contributed by atoms with Gasteiger partial charge in [0.15, 0.2) is 0 Å². The van der Waals surface area contributed by atoms with E-state index >= 15 is 0 Å². The van der Waals surface area contributed by atoms with E-state index in [4.69, 9.17) is 0 Å². The Bertz CT molecular complexity index is 586. The monoisotopic (exact) mass is 355 g/mol. The van der Waals surface area contributed by atoms with Crippen molar-refractivity contribution in [1.82, 2.24) is 0 Å². The first-order valence-corrected chi connectivity index (χ1v) is 6.45. The molecule has 2 rings (SSSR count). The fourth-order valence-corrected chi connectivity index (χ4v) is 2.19. The minimum Gasteiger partial charge on any atom is -0.309 e. The summed E-state index contributed by atoms with van der Waals surface area (Å²) in [5, 5.41) is 0. The first kappa shape index (κ1) is 13.0. The zero-order valence-electron chi connectivity index (χ0n) is 9.73. The predicted octanol–water partition coefficient (Wildman–Crippen LogP) is 3.71. The summed E-state index contributed by atoms with van der Waals surface area (Å²) in [7, 11) is 1.57. The van der Waals surface area contributed by atoms with Gasteiger partial charge in [0.2, 0.25) is 0 Å². The Hall–Kier alpha value is -1.43. The first-order chi connectivity index (χ1) is 8.59. The van der Waals surface area contributed by atoms with Gasteiger partial charge in [-0.3, -0.25) is 4.79 Å². The van der Waals surface area contributed by atoms with Gasteiger partial charge in [0.25, 0.3) is 5.91 Å². The molecule has 0 N–H and O–H groups in total. The van der Waals surface area contributed by atoms with Gasteiger partial charge in [0, 0.05) is 16.2 Å². The number of rotatable bonds is 2. The highest BCUT2D eigenvalue weighted by atomic mass is 127. The Morgan fingerprint density at radius 2 is 1.89 bits per heavy atom. The molecule has 2 aromatic rings. The van der Waals surface area contributed by atoms with Gasteiger partial charge in [-0.15, -0.1) is 0 Å². The summed E-state index contributed by atoms with van der Waals surface area (Å²) in [6, 6.07) is 13.4. The number of carbonyl (C=O) groups excluding carboxylic acids is 1. The number of hydrogen-bond acceptors (Lipinski definition) is 1. The molecular formula is C14H11FINO. The standard InChI is InChI=1S/C14H11FINO/c1-17(13-8-3-2-7-12(13)15)14(18)10-5-4-6-11(16)9-10/h2-9H,1H3. The number of hydrogen-bond donors (Lipinski definition) is 0. The van der Waals surface area contributed by atoms with Gasteiger partial charge in [-0.25, -0.2) is 4.39 Å². The molecule has 0 atom stereocenters. The predicted molar refractivity (Wildman–Crippen MR) is 78.3 cm³/mol. The van der Waals surface area contributed by atoms with Gasteiger partial charge in [0.1, 0.15) is 5.82 Å². The molecule has 0 spiro atoms. The summed E-state index contributed by atoms with van der Waals surface area (Å²) in [6.07, 6.45) is 0. The highest BCUT2D eigenvalue weighted by Gasteiger charge is 2.16. The Kier molecular flexibility index (Phi) is 3.96. The second kappa shape index (κ2) is 5.48. The van der Waals surface area contributed by atoms with Crippen molar-refractivity contribution in [2.75, 3.05) is 11.9 Å². The Morgan fingerprint density at radius 1 is 1.17 bits per heavy atom. The lowest BCUT2D eigenvalue weighted by Gasteiger charge is -2.18. The van der Waals surface area contributed by atoms with Crippen molar-refractivity contribution in [3.8, 4) is 0 Å². The molecule has 0 aromatic heterocycles. The number of halogens is 2. The molecule has 1 amide bonds. The molecule has 0 aliphatic carbocycles. The molecule has 92 valence electrons. The zero-order chi connectivity index (χ0) is 13.1. The highest BCUT2D eigenvalue weighted by Crippen LogP contribution is 2.19. The number of benzene rings is 2. The van der Waals surface area contributed by atoms with Crippen molar-refractivity contribution < 1.29 is 9.18 Å². The summed E-state index contributed by atoms with van der Waals surface area (Å²) in [5.41, 5.74) is 0.828. The number of anilines is 1. The molecule has 0 saturated heterocycles. The molecule has 0 aliphatic heterocycles. The Balaban J connectivity index is 2.32. The van der Waals surface area contributed by atoms with Gasteiger partial charge in [-0.2, -0.15) is 0 Å². The van der Waals surface area contributed by atoms with Gasteiger partial charge in [-0.1, -0.05) is 18.2 Å². The van der Waals surface area contributed by atoms with E-state index < -0.39 is 5.82 Å². The third kappa shape index (κ3) is 2.69. The van der Waals surface area contributed by atoms with E-state index in [1.165, 1.54) is 11.0 Å². The maximum absolute atomic E-state index is 13.6. The summed E-state index contributed by atoms with van der Waals surface area (Å²) in [4.78, 5) is 13.5. The summed E-state index contributed by atoms with van der Waals surface area (Å²) >= 11 is 2.14. The summed E-state index contributed by atoms with van der Waals surface area (Å²) in [6.45, 7) is 0. The van der Waals surface area contributed by atoms with Crippen molar-refractivity contribution in [3.05, 3.63) is 63.5 Å². The highest BCUT2D eigenvalue weighted by molar-refractivity contribution is 14.1. The largest absolute Gasteiger partial charge is 0.309 e. The quantitative estimate of drug-likeness (QED) is 0.753. The van der Waals surface area contributed by atoms with Crippen molar-refractivity contribution >= 4 is 34.2 Å². The maximum Gasteiger partial charge on any atom is 0.258 e. The normalized spacial score (nSPS) is 10.2. The Morgan fingerprint density at radius 3 is 2.56 bits per heavy atom. The number of nitrogens with zero attached hydrogens (tertiary/aromatic N) is 1. The third-order valence-electron chi connectivity index (χ3n) is 2.59. The second-order valence-corrected chi connectivity index (χ2v) is 5.07. The van der Waals surface area contributed by atoms with Crippen LogP contribution in [0.15, 0.2) is 48.5 Å². The van der Waals surface area contributed by atoms with Gasteiger partial charge in [0.05, 0.1) is 5.69 Å². The van der Waals surface area contributed by atoms with Crippen molar-refractivity contribution in [1.29, 1.82) is 0 Å². The lowest BCUT2D eigenvalue weighted by Crippen LogP contribution is -2.27. The van der Waals surface area contributed by atoms with Crippen LogP contribution in [0, 0.1) is 9.39 Å². The first-order valence-electron chi connectivity index (χ1n) is 5.38. The molecule has 4 heteroatoms. The molecule has 2 aromatic carbocycles. The molecule has 0 bridgehead atoms. The van der Waals surface area contributed by atoms with E-state index in [0.29, 0.717) is 5.56 Å². The lowest BCUT2D eigenvalue weighted by molar-refractivity contribution is 0.0992. The van der Waals surface area contributed by atoms with Crippen LogP contribution in [0.1, 0.15) is 10.4 Å². The fourth-order valence-electron chi connectivity index (χ4n) is 1.65. The van der Waals surface area contributed by atoms with Crippen LogP contribution in [0.4, 0.5) is 10.1 Å². The van der Waals surface area contributed by atoms with Crippen LogP contribution in [-0.2, 0) is 0 Å². The maximum atomic E-state index is 13.6. The van der Waals surface area contributed by atoms with Gasteiger partial charge in [-0.05, 0) is 52.9 Å². The molecule has 2 nitrogen and oxygen atoms in total. The smallest absolute Gasteiger partial charge is 0.258 e. The fraction of sp³-hybridized carbons (Fsp3) is 0.0714. The van der Waals surface area contributed by atoms with Gasteiger partial charge < -0.3 is 4.90 Å². The van der Waals surface area contributed by atoms with Crippen LogP contribution < -0.4 is 4.90 Å². The molecule has 0 unspecified atom stereocenters. The van der Waals surface area contributed by atoms with Crippen molar-refractivity contribution in [2.24, 2.45) is 0 Å². The van der Waals surface area contributed by atoms with E-state index in [1.807, 2.05) is 12.1 Å². The topological polar surface area (TPSA) is 20.3 Å². The van der Waals surface area contributed by atoms with Crippen molar-refractivity contribution in [3.63, 3.8) is 0 Å². The van der Waals surface area contributed by atoms with Crippen LogP contribution in [0.2, 0.25) is 0 Å². The van der Waals surface area contributed by atoms with E-state index in [0.717, 1.165) is 3.57 Å². The molecule has 18 heavy (non-hydrogen) atoms. The lowest BCUT2D eigenvalue weighted by atomic mass is 10.2. The molecular weight excluding hydrogens is 344 g/mol.